The molecule has 22 heavy (non-hydrogen) atoms. The van der Waals surface area contributed by atoms with Crippen LogP contribution in [0.1, 0.15) is 18.9 Å². The lowest BCUT2D eigenvalue weighted by atomic mass is 9.79. The summed E-state index contributed by atoms with van der Waals surface area (Å²) in [6.45, 7) is 2.07. The second kappa shape index (κ2) is 5.08. The SMILES string of the molecule is CCc1ccccc1NC(=O)[C@@H]1[C@H]2C[C@H]3[C@H](OC(=O)[C@@H]31)[C@H]2Br. The standard InChI is InChI=1S/C17H18BrNO3/c1-2-8-5-3-4-6-11(8)19-16(20)12-9-7-10-13(12)17(21)22-15(10)14(9)18/h3-6,9-10,12-15H,2,7H2,1H3,(H,19,20)/t9-,10-,12-,13+,14+,15+/m1/s1. The van der Waals surface area contributed by atoms with Crippen LogP contribution in [-0.4, -0.2) is 22.8 Å². The third kappa shape index (κ3) is 1.87. The van der Waals surface area contributed by atoms with Crippen molar-refractivity contribution in [3.63, 3.8) is 0 Å². The van der Waals surface area contributed by atoms with Gasteiger partial charge in [-0.05, 0) is 30.4 Å². The van der Waals surface area contributed by atoms with Crippen molar-refractivity contribution in [2.75, 3.05) is 5.32 Å². The molecule has 0 unspecified atom stereocenters. The van der Waals surface area contributed by atoms with Crippen LogP contribution in [0.2, 0.25) is 0 Å². The van der Waals surface area contributed by atoms with Crippen molar-refractivity contribution in [3.8, 4) is 0 Å². The number of fused-ring (bicyclic) bond motifs is 1. The van der Waals surface area contributed by atoms with Crippen molar-refractivity contribution in [3.05, 3.63) is 29.8 Å². The maximum atomic E-state index is 12.8. The van der Waals surface area contributed by atoms with Crippen LogP contribution < -0.4 is 5.32 Å². The number of anilines is 1. The Morgan fingerprint density at radius 2 is 2.14 bits per heavy atom. The Hall–Kier alpha value is -1.36. The predicted octanol–water partition coefficient (Wildman–Crippen LogP) is 2.76. The number of halogens is 1. The molecule has 4 rings (SSSR count). The largest absolute Gasteiger partial charge is 0.461 e. The molecule has 1 aromatic carbocycles. The van der Waals surface area contributed by atoms with E-state index in [9.17, 15) is 9.59 Å². The lowest BCUT2D eigenvalue weighted by Crippen LogP contribution is -2.40. The number of carbonyl (C=O) groups excluding carboxylic acids is 2. The van der Waals surface area contributed by atoms with Gasteiger partial charge in [0.25, 0.3) is 0 Å². The third-order valence-electron chi connectivity index (χ3n) is 5.48. The number of carbonyl (C=O) groups is 2. The molecule has 1 saturated heterocycles. The molecule has 1 aliphatic heterocycles. The summed E-state index contributed by atoms with van der Waals surface area (Å²) >= 11 is 3.64. The van der Waals surface area contributed by atoms with Gasteiger partial charge in [-0.25, -0.2) is 0 Å². The van der Waals surface area contributed by atoms with Crippen LogP contribution >= 0.6 is 15.9 Å². The van der Waals surface area contributed by atoms with Crippen molar-refractivity contribution in [2.24, 2.45) is 23.7 Å². The van der Waals surface area contributed by atoms with Crippen LogP contribution in [-0.2, 0) is 20.7 Å². The zero-order chi connectivity index (χ0) is 15.4. The van der Waals surface area contributed by atoms with Crippen LogP contribution in [0, 0.1) is 23.7 Å². The molecular formula is C17H18BrNO3. The van der Waals surface area contributed by atoms with Gasteiger partial charge in [0, 0.05) is 11.6 Å². The fourth-order valence-corrected chi connectivity index (χ4v) is 5.54. The Morgan fingerprint density at radius 3 is 2.91 bits per heavy atom. The summed E-state index contributed by atoms with van der Waals surface area (Å²) < 4.78 is 5.46. The predicted molar refractivity (Wildman–Crippen MR) is 85.6 cm³/mol. The van der Waals surface area contributed by atoms with E-state index in [0.717, 1.165) is 24.1 Å². The Kier molecular flexibility index (Phi) is 3.29. The highest BCUT2D eigenvalue weighted by molar-refractivity contribution is 9.09. The van der Waals surface area contributed by atoms with Gasteiger partial charge in [0.05, 0.1) is 16.7 Å². The Bertz CT molecular complexity index is 647. The summed E-state index contributed by atoms with van der Waals surface area (Å²) in [4.78, 5) is 25.0. The summed E-state index contributed by atoms with van der Waals surface area (Å²) in [6, 6.07) is 7.83. The first kappa shape index (κ1) is 14.2. The molecule has 0 spiro atoms. The first-order valence-corrected chi connectivity index (χ1v) is 8.76. The number of alkyl halides is 1. The van der Waals surface area contributed by atoms with Crippen molar-refractivity contribution in [2.45, 2.75) is 30.7 Å². The van der Waals surface area contributed by atoms with Gasteiger partial charge in [0.2, 0.25) is 5.91 Å². The molecule has 116 valence electrons. The molecule has 3 aliphatic rings. The highest BCUT2D eigenvalue weighted by Gasteiger charge is 2.67. The molecule has 2 saturated carbocycles. The van der Waals surface area contributed by atoms with Gasteiger partial charge in [-0.15, -0.1) is 0 Å². The van der Waals surface area contributed by atoms with E-state index in [2.05, 4.69) is 28.2 Å². The fourth-order valence-electron chi connectivity index (χ4n) is 4.50. The number of hydrogen-bond donors (Lipinski definition) is 1. The first-order valence-electron chi connectivity index (χ1n) is 7.85. The molecule has 1 amide bonds. The van der Waals surface area contributed by atoms with Crippen molar-refractivity contribution >= 4 is 33.5 Å². The number of esters is 1. The average molecular weight is 364 g/mol. The zero-order valence-electron chi connectivity index (χ0n) is 12.3. The number of hydrogen-bond acceptors (Lipinski definition) is 3. The van der Waals surface area contributed by atoms with Crippen LogP contribution in [0.3, 0.4) is 0 Å². The van der Waals surface area contributed by atoms with Gasteiger partial charge in [-0.3, -0.25) is 9.59 Å². The zero-order valence-corrected chi connectivity index (χ0v) is 13.9. The van der Waals surface area contributed by atoms with E-state index >= 15 is 0 Å². The third-order valence-corrected chi connectivity index (χ3v) is 6.68. The summed E-state index contributed by atoms with van der Waals surface area (Å²) in [7, 11) is 0. The van der Waals surface area contributed by atoms with Crippen LogP contribution in [0.15, 0.2) is 24.3 Å². The van der Waals surface area contributed by atoms with Crippen molar-refractivity contribution in [1.29, 1.82) is 0 Å². The summed E-state index contributed by atoms with van der Waals surface area (Å²) in [5.41, 5.74) is 1.97. The van der Waals surface area contributed by atoms with E-state index in [4.69, 9.17) is 4.74 Å². The Morgan fingerprint density at radius 1 is 1.36 bits per heavy atom. The molecular weight excluding hydrogens is 346 g/mol. The maximum absolute atomic E-state index is 12.8. The Labute approximate surface area is 137 Å². The van der Waals surface area contributed by atoms with E-state index in [0.29, 0.717) is 0 Å². The van der Waals surface area contributed by atoms with Crippen molar-refractivity contribution < 1.29 is 14.3 Å². The lowest BCUT2D eigenvalue weighted by Gasteiger charge is -2.27. The molecule has 5 heteroatoms. The molecule has 3 fully saturated rings. The second-order valence-electron chi connectivity index (χ2n) is 6.46. The molecule has 4 nitrogen and oxygen atoms in total. The number of amides is 1. The van der Waals surface area contributed by atoms with Gasteiger partial charge in [0.1, 0.15) is 6.10 Å². The highest BCUT2D eigenvalue weighted by Crippen LogP contribution is 2.60. The molecule has 6 atom stereocenters. The Balaban J connectivity index is 1.60. The van der Waals surface area contributed by atoms with Gasteiger partial charge in [-0.1, -0.05) is 41.1 Å². The quantitative estimate of drug-likeness (QED) is 0.663. The van der Waals surface area contributed by atoms with E-state index in [-0.39, 0.29) is 46.5 Å². The lowest BCUT2D eigenvalue weighted by molar-refractivity contribution is -0.145. The van der Waals surface area contributed by atoms with E-state index in [1.165, 1.54) is 0 Å². The topological polar surface area (TPSA) is 55.4 Å². The van der Waals surface area contributed by atoms with E-state index < -0.39 is 0 Å². The summed E-state index contributed by atoms with van der Waals surface area (Å²) in [6.07, 6.45) is 1.74. The minimum atomic E-state index is -0.273. The average Bonchev–Trinajstić information content (AvgIpc) is 3.12. The molecule has 0 aromatic heterocycles. The first-order chi connectivity index (χ1) is 10.6. The number of aryl methyl sites for hydroxylation is 1. The summed E-state index contributed by atoms with van der Waals surface area (Å²) in [5.74, 6) is -0.356. The maximum Gasteiger partial charge on any atom is 0.310 e. The van der Waals surface area contributed by atoms with Crippen molar-refractivity contribution in [1.82, 2.24) is 0 Å². The van der Waals surface area contributed by atoms with Gasteiger partial charge >= 0.3 is 5.97 Å². The molecule has 2 bridgehead atoms. The number of nitrogens with one attached hydrogen (secondary N) is 1. The highest BCUT2D eigenvalue weighted by atomic mass is 79.9. The fraction of sp³-hybridized carbons (Fsp3) is 0.529. The van der Waals surface area contributed by atoms with Crippen LogP contribution in [0.25, 0.3) is 0 Å². The second-order valence-corrected chi connectivity index (χ2v) is 7.52. The van der Waals surface area contributed by atoms with E-state index in [1.807, 2.05) is 24.3 Å². The summed E-state index contributed by atoms with van der Waals surface area (Å²) in [5, 5.41) is 3.04. The monoisotopic (exact) mass is 363 g/mol. The van der Waals surface area contributed by atoms with Gasteiger partial charge in [0.15, 0.2) is 0 Å². The number of para-hydroxylation sites is 1. The normalized spacial score (nSPS) is 38.2. The van der Waals surface area contributed by atoms with Gasteiger partial charge in [-0.2, -0.15) is 0 Å². The number of benzene rings is 1. The molecule has 0 radical (unpaired) electrons. The van der Waals surface area contributed by atoms with Gasteiger partial charge < -0.3 is 10.1 Å². The smallest absolute Gasteiger partial charge is 0.310 e. The molecule has 1 N–H and O–H groups in total. The van der Waals surface area contributed by atoms with Crippen LogP contribution in [0.4, 0.5) is 5.69 Å². The molecule has 1 heterocycles. The molecule has 1 aromatic rings. The number of ether oxygens (including phenoxy) is 1. The minimum Gasteiger partial charge on any atom is -0.461 e. The van der Waals surface area contributed by atoms with Crippen LogP contribution in [0.5, 0.6) is 0 Å². The minimum absolute atomic E-state index is 0.0329. The van der Waals surface area contributed by atoms with E-state index in [1.54, 1.807) is 0 Å². The molecule has 2 aliphatic carbocycles. The number of rotatable bonds is 3.